The Morgan fingerprint density at radius 2 is 2.06 bits per heavy atom. The lowest BCUT2D eigenvalue weighted by atomic mass is 10.1. The Morgan fingerprint density at radius 1 is 1.25 bits per heavy atom. The second kappa shape index (κ2) is 5.85. The van der Waals surface area contributed by atoms with Gasteiger partial charge < -0.3 is 10.6 Å². The number of piperidine rings is 1. The topological polar surface area (TPSA) is 42.1 Å². The molecule has 1 aromatic rings. The summed E-state index contributed by atoms with van der Waals surface area (Å²) in [6, 6.07) is 4.21. The van der Waals surface area contributed by atoms with Gasteiger partial charge in [0.05, 0.1) is 0 Å². The number of aryl methyl sites for hydroxylation is 1. The van der Waals surface area contributed by atoms with Crippen LogP contribution in [0.4, 0.5) is 5.82 Å². The molecule has 1 aromatic heterocycles. The summed E-state index contributed by atoms with van der Waals surface area (Å²) in [6.07, 6.45) is 7.96. The summed E-state index contributed by atoms with van der Waals surface area (Å²) >= 11 is 0. The van der Waals surface area contributed by atoms with E-state index < -0.39 is 0 Å². The molecule has 0 aliphatic carbocycles. The van der Waals surface area contributed by atoms with Gasteiger partial charge in [0.2, 0.25) is 0 Å². The van der Waals surface area contributed by atoms with Gasteiger partial charge in [0.15, 0.2) is 0 Å². The van der Waals surface area contributed by atoms with Crippen LogP contribution in [0.2, 0.25) is 0 Å². The summed E-state index contributed by atoms with van der Waals surface area (Å²) in [5.41, 5.74) is 6.93. The van der Waals surface area contributed by atoms with E-state index in [1.807, 2.05) is 12.3 Å². The second-order valence-electron chi connectivity index (χ2n) is 4.43. The highest BCUT2D eigenvalue weighted by Crippen LogP contribution is 2.22. The van der Waals surface area contributed by atoms with Crippen LogP contribution >= 0.6 is 0 Å². The van der Waals surface area contributed by atoms with E-state index in [1.54, 1.807) is 0 Å². The van der Waals surface area contributed by atoms with E-state index in [2.05, 4.69) is 16.0 Å². The molecule has 0 atom stereocenters. The van der Waals surface area contributed by atoms with Gasteiger partial charge in [-0.3, -0.25) is 0 Å². The predicted molar refractivity (Wildman–Crippen MR) is 67.7 cm³/mol. The number of hydrogen-bond acceptors (Lipinski definition) is 3. The lowest BCUT2D eigenvalue weighted by Crippen LogP contribution is -2.31. The highest BCUT2D eigenvalue weighted by atomic mass is 15.2. The summed E-state index contributed by atoms with van der Waals surface area (Å²) in [7, 11) is 0. The highest BCUT2D eigenvalue weighted by molar-refractivity contribution is 5.47. The fraction of sp³-hybridized carbons (Fsp3) is 0.615. The Kier molecular flexibility index (Phi) is 4.17. The van der Waals surface area contributed by atoms with Crippen molar-refractivity contribution in [3.8, 4) is 0 Å². The Labute approximate surface area is 97.7 Å². The zero-order chi connectivity index (χ0) is 11.2. The summed E-state index contributed by atoms with van der Waals surface area (Å²) in [4.78, 5) is 6.97. The SMILES string of the molecule is NCCCc1cccnc1N1CCCCC1. The van der Waals surface area contributed by atoms with Crippen LogP contribution in [0, 0.1) is 0 Å². The van der Waals surface area contributed by atoms with Crippen molar-refractivity contribution in [1.82, 2.24) is 4.98 Å². The third-order valence-electron chi connectivity index (χ3n) is 3.17. The molecule has 0 unspecified atom stereocenters. The number of nitrogens with two attached hydrogens (primary N) is 1. The standard InChI is InChI=1S/C13H21N3/c14-8-4-6-12-7-5-9-15-13(12)16-10-2-1-3-11-16/h5,7,9H,1-4,6,8,10-11,14H2. The molecule has 0 saturated carbocycles. The van der Waals surface area contributed by atoms with Crippen molar-refractivity contribution in [3.05, 3.63) is 23.9 Å². The molecule has 0 spiro atoms. The number of rotatable bonds is 4. The van der Waals surface area contributed by atoms with Crippen LogP contribution in [0.25, 0.3) is 0 Å². The van der Waals surface area contributed by atoms with Gasteiger partial charge in [0.25, 0.3) is 0 Å². The minimum Gasteiger partial charge on any atom is -0.356 e. The van der Waals surface area contributed by atoms with Crippen LogP contribution in [0.15, 0.2) is 18.3 Å². The molecule has 88 valence electrons. The Balaban J connectivity index is 2.11. The normalized spacial score (nSPS) is 16.4. The van der Waals surface area contributed by atoms with Gasteiger partial charge >= 0.3 is 0 Å². The molecule has 2 N–H and O–H groups in total. The van der Waals surface area contributed by atoms with E-state index in [0.29, 0.717) is 0 Å². The molecular weight excluding hydrogens is 198 g/mol. The average molecular weight is 219 g/mol. The number of hydrogen-bond donors (Lipinski definition) is 1. The van der Waals surface area contributed by atoms with Gasteiger partial charge in [-0.2, -0.15) is 0 Å². The van der Waals surface area contributed by atoms with E-state index in [0.717, 1.165) is 32.5 Å². The molecule has 0 amide bonds. The summed E-state index contributed by atoms with van der Waals surface area (Å²) in [5, 5.41) is 0. The Morgan fingerprint density at radius 3 is 2.81 bits per heavy atom. The molecule has 1 aliphatic rings. The van der Waals surface area contributed by atoms with Gasteiger partial charge in [-0.15, -0.1) is 0 Å². The Hall–Kier alpha value is -1.09. The zero-order valence-electron chi connectivity index (χ0n) is 9.86. The molecule has 2 rings (SSSR count). The van der Waals surface area contributed by atoms with Gasteiger partial charge in [-0.1, -0.05) is 6.07 Å². The number of anilines is 1. The van der Waals surface area contributed by atoms with Crippen LogP contribution in [-0.2, 0) is 6.42 Å². The lowest BCUT2D eigenvalue weighted by molar-refractivity contribution is 0.571. The molecule has 1 fully saturated rings. The smallest absolute Gasteiger partial charge is 0.131 e. The predicted octanol–water partition coefficient (Wildman–Crippen LogP) is 1.96. The third kappa shape index (κ3) is 2.73. The van der Waals surface area contributed by atoms with E-state index >= 15 is 0 Å². The van der Waals surface area contributed by atoms with E-state index in [-0.39, 0.29) is 0 Å². The first-order valence-electron chi connectivity index (χ1n) is 6.31. The molecule has 1 saturated heterocycles. The van der Waals surface area contributed by atoms with Gasteiger partial charge in [0, 0.05) is 19.3 Å². The molecule has 1 aliphatic heterocycles. The number of nitrogens with zero attached hydrogens (tertiary/aromatic N) is 2. The van der Waals surface area contributed by atoms with E-state index in [1.165, 1.54) is 30.6 Å². The third-order valence-corrected chi connectivity index (χ3v) is 3.17. The fourth-order valence-corrected chi connectivity index (χ4v) is 2.31. The van der Waals surface area contributed by atoms with Crippen LogP contribution in [0.5, 0.6) is 0 Å². The van der Waals surface area contributed by atoms with Crippen molar-refractivity contribution in [1.29, 1.82) is 0 Å². The van der Waals surface area contributed by atoms with Crippen LogP contribution in [0.1, 0.15) is 31.2 Å². The Bertz CT molecular complexity index is 319. The monoisotopic (exact) mass is 219 g/mol. The first kappa shape index (κ1) is 11.4. The molecular formula is C13H21N3. The molecule has 3 nitrogen and oxygen atoms in total. The van der Waals surface area contributed by atoms with Gasteiger partial charge in [-0.25, -0.2) is 4.98 Å². The fourth-order valence-electron chi connectivity index (χ4n) is 2.31. The zero-order valence-corrected chi connectivity index (χ0v) is 9.86. The molecule has 2 heterocycles. The number of aromatic nitrogens is 1. The molecule has 0 radical (unpaired) electrons. The van der Waals surface area contributed by atoms with Crippen molar-refractivity contribution in [3.63, 3.8) is 0 Å². The van der Waals surface area contributed by atoms with Crippen LogP contribution in [-0.4, -0.2) is 24.6 Å². The van der Waals surface area contributed by atoms with Crippen molar-refractivity contribution in [2.75, 3.05) is 24.5 Å². The quantitative estimate of drug-likeness (QED) is 0.841. The molecule has 0 bridgehead atoms. The highest BCUT2D eigenvalue weighted by Gasteiger charge is 2.14. The largest absolute Gasteiger partial charge is 0.356 e. The van der Waals surface area contributed by atoms with Crippen molar-refractivity contribution >= 4 is 5.82 Å². The van der Waals surface area contributed by atoms with E-state index in [9.17, 15) is 0 Å². The average Bonchev–Trinajstić information content (AvgIpc) is 2.38. The minimum absolute atomic E-state index is 0.758. The molecule has 16 heavy (non-hydrogen) atoms. The van der Waals surface area contributed by atoms with E-state index in [4.69, 9.17) is 5.73 Å². The second-order valence-corrected chi connectivity index (χ2v) is 4.43. The molecule has 0 aromatic carbocycles. The van der Waals surface area contributed by atoms with Crippen LogP contribution in [0.3, 0.4) is 0 Å². The first-order chi connectivity index (χ1) is 7.92. The maximum atomic E-state index is 5.57. The maximum absolute atomic E-state index is 5.57. The van der Waals surface area contributed by atoms with Gasteiger partial charge in [-0.05, 0) is 50.3 Å². The molecule has 3 heteroatoms. The summed E-state index contributed by atoms with van der Waals surface area (Å²) < 4.78 is 0. The van der Waals surface area contributed by atoms with Gasteiger partial charge in [0.1, 0.15) is 5.82 Å². The summed E-state index contributed by atoms with van der Waals surface area (Å²) in [6.45, 7) is 3.08. The minimum atomic E-state index is 0.758. The first-order valence-corrected chi connectivity index (χ1v) is 6.31. The lowest BCUT2D eigenvalue weighted by Gasteiger charge is -2.29. The number of pyridine rings is 1. The van der Waals surface area contributed by atoms with Crippen LogP contribution < -0.4 is 10.6 Å². The van der Waals surface area contributed by atoms with Crippen molar-refractivity contribution in [2.24, 2.45) is 5.73 Å². The van der Waals surface area contributed by atoms with Crippen molar-refractivity contribution < 1.29 is 0 Å². The van der Waals surface area contributed by atoms with Crippen molar-refractivity contribution in [2.45, 2.75) is 32.1 Å². The summed E-state index contributed by atoms with van der Waals surface area (Å²) in [5.74, 6) is 1.19. The maximum Gasteiger partial charge on any atom is 0.131 e.